The van der Waals surface area contributed by atoms with E-state index in [4.69, 9.17) is 5.73 Å². The molecule has 0 saturated heterocycles. The fourth-order valence-corrected chi connectivity index (χ4v) is 2.88. The molecule has 0 aromatic heterocycles. The highest BCUT2D eigenvalue weighted by Gasteiger charge is 2.87. The minimum Gasteiger partial charge on any atom is -0.320 e. The van der Waals surface area contributed by atoms with Gasteiger partial charge in [-0.25, -0.2) is 8.78 Å². The first kappa shape index (κ1) is 8.36. The molecule has 1 nitrogen and oxygen atoms in total. The largest absolute Gasteiger partial charge is 0.320 e. The Kier molecular flexibility index (Phi) is 1.20. The van der Waals surface area contributed by atoms with Crippen LogP contribution in [0.2, 0.25) is 0 Å². The van der Waals surface area contributed by atoms with Crippen LogP contribution in [0.5, 0.6) is 0 Å². The molecule has 4 rings (SSSR count). The van der Waals surface area contributed by atoms with E-state index in [0.717, 1.165) is 5.56 Å². The van der Waals surface area contributed by atoms with E-state index in [1.807, 2.05) is 6.07 Å². The second-order valence-electron chi connectivity index (χ2n) is 4.53. The minimum absolute atomic E-state index is 0.428. The lowest BCUT2D eigenvalue weighted by Crippen LogP contribution is -2.89. The smallest absolute Gasteiger partial charge is 0.275 e. The number of alkyl halides is 2. The summed E-state index contributed by atoms with van der Waals surface area (Å²) in [6, 6.07) is 8.98. The highest BCUT2D eigenvalue weighted by molar-refractivity contribution is 5.48. The van der Waals surface area contributed by atoms with Gasteiger partial charge in [-0.05, 0) is 18.4 Å². The lowest BCUT2D eigenvalue weighted by molar-refractivity contribution is -0.317. The van der Waals surface area contributed by atoms with E-state index >= 15 is 0 Å². The first-order chi connectivity index (χ1) is 6.52. The van der Waals surface area contributed by atoms with Gasteiger partial charge in [-0.3, -0.25) is 0 Å². The average molecular weight is 195 g/mol. The van der Waals surface area contributed by atoms with Crippen LogP contribution in [0.1, 0.15) is 18.4 Å². The third kappa shape index (κ3) is 0.601. The second kappa shape index (κ2) is 2.01. The topological polar surface area (TPSA) is 26.0 Å². The summed E-state index contributed by atoms with van der Waals surface area (Å²) in [5.74, 6) is -2.71. The molecule has 3 fully saturated rings. The Morgan fingerprint density at radius 3 is 2.07 bits per heavy atom. The predicted molar refractivity (Wildman–Crippen MR) is 49.2 cm³/mol. The molecule has 3 heteroatoms. The van der Waals surface area contributed by atoms with Gasteiger partial charge in [0.15, 0.2) is 0 Å². The molecule has 3 saturated carbocycles. The zero-order valence-electron chi connectivity index (χ0n) is 7.63. The summed E-state index contributed by atoms with van der Waals surface area (Å²) in [4.78, 5) is 0. The third-order valence-electron chi connectivity index (χ3n) is 3.79. The average Bonchev–Trinajstić information content (AvgIpc) is 2.15. The van der Waals surface area contributed by atoms with E-state index in [9.17, 15) is 8.78 Å². The Morgan fingerprint density at radius 2 is 1.64 bits per heavy atom. The summed E-state index contributed by atoms with van der Waals surface area (Å²) in [6.07, 6.45) is 0.855. The van der Waals surface area contributed by atoms with E-state index < -0.39 is 16.9 Å². The van der Waals surface area contributed by atoms with Crippen LogP contribution in [0.15, 0.2) is 30.3 Å². The summed E-state index contributed by atoms with van der Waals surface area (Å²) in [5.41, 5.74) is 4.12. The summed E-state index contributed by atoms with van der Waals surface area (Å²) in [6.45, 7) is 0. The van der Waals surface area contributed by atoms with E-state index in [2.05, 4.69) is 0 Å². The Hall–Kier alpha value is -0.960. The van der Waals surface area contributed by atoms with Gasteiger partial charge in [-0.15, -0.1) is 0 Å². The van der Waals surface area contributed by atoms with Crippen molar-refractivity contribution in [2.75, 3.05) is 0 Å². The molecule has 1 aromatic rings. The lowest BCUT2D eigenvalue weighted by Gasteiger charge is -2.73. The van der Waals surface area contributed by atoms with E-state index in [0.29, 0.717) is 12.8 Å². The van der Waals surface area contributed by atoms with E-state index in [1.54, 1.807) is 24.3 Å². The molecule has 14 heavy (non-hydrogen) atoms. The lowest BCUT2D eigenvalue weighted by atomic mass is 9.35. The highest BCUT2D eigenvalue weighted by Crippen LogP contribution is 2.75. The molecule has 3 aliphatic rings. The molecule has 0 amide bonds. The molecule has 2 N–H and O–H groups in total. The number of nitrogens with two attached hydrogens (primary N) is 1. The molecule has 0 heterocycles. The van der Waals surface area contributed by atoms with E-state index in [1.165, 1.54) is 0 Å². The van der Waals surface area contributed by atoms with Crippen LogP contribution in [0, 0.1) is 0 Å². The summed E-state index contributed by atoms with van der Waals surface area (Å²) in [5, 5.41) is 0. The van der Waals surface area contributed by atoms with Crippen LogP contribution in [0.3, 0.4) is 0 Å². The zero-order valence-corrected chi connectivity index (χ0v) is 7.63. The number of hydrogen-bond acceptors (Lipinski definition) is 1. The van der Waals surface area contributed by atoms with Gasteiger partial charge >= 0.3 is 0 Å². The minimum atomic E-state index is -2.71. The van der Waals surface area contributed by atoms with Crippen LogP contribution in [0.4, 0.5) is 8.78 Å². The monoisotopic (exact) mass is 195 g/mol. The molecule has 0 atom stereocenters. The molecular formula is C11H11F2N. The van der Waals surface area contributed by atoms with Crippen LogP contribution in [-0.4, -0.2) is 11.5 Å². The Bertz CT molecular complexity index is 380. The maximum atomic E-state index is 13.6. The number of halogens is 2. The van der Waals surface area contributed by atoms with Crippen molar-refractivity contribution in [1.82, 2.24) is 0 Å². The van der Waals surface area contributed by atoms with Gasteiger partial charge in [0.05, 0.1) is 11.0 Å². The summed E-state index contributed by atoms with van der Waals surface area (Å²) >= 11 is 0. The standard InChI is InChI=1S/C11H11F2N/c12-11(13)9(6-10(11,14)7-9)8-4-2-1-3-5-8/h1-5H,6-7,14H2. The van der Waals surface area contributed by atoms with Crippen molar-refractivity contribution in [3.63, 3.8) is 0 Å². The second-order valence-corrected chi connectivity index (χ2v) is 4.53. The molecule has 1 aromatic carbocycles. The van der Waals surface area contributed by atoms with Gasteiger partial charge in [0.2, 0.25) is 0 Å². The van der Waals surface area contributed by atoms with Crippen molar-refractivity contribution >= 4 is 0 Å². The van der Waals surface area contributed by atoms with Gasteiger partial charge in [0.1, 0.15) is 0 Å². The SMILES string of the molecule is NC12CC(c3ccccc3)(C1)C2(F)F. The van der Waals surface area contributed by atoms with Gasteiger partial charge in [-0.1, -0.05) is 30.3 Å². The maximum absolute atomic E-state index is 13.6. The molecule has 0 unspecified atom stereocenters. The first-order valence-electron chi connectivity index (χ1n) is 4.74. The van der Waals surface area contributed by atoms with Gasteiger partial charge in [0, 0.05) is 0 Å². The van der Waals surface area contributed by atoms with Crippen molar-refractivity contribution in [3.8, 4) is 0 Å². The molecule has 74 valence electrons. The van der Waals surface area contributed by atoms with Gasteiger partial charge in [-0.2, -0.15) is 0 Å². The predicted octanol–water partition coefficient (Wildman–Crippen LogP) is 2.06. The van der Waals surface area contributed by atoms with Crippen molar-refractivity contribution in [3.05, 3.63) is 35.9 Å². The highest BCUT2D eigenvalue weighted by atomic mass is 19.3. The van der Waals surface area contributed by atoms with Crippen LogP contribution >= 0.6 is 0 Å². The molecule has 0 radical (unpaired) electrons. The van der Waals surface area contributed by atoms with Crippen LogP contribution < -0.4 is 5.73 Å². The maximum Gasteiger partial charge on any atom is 0.275 e. The quantitative estimate of drug-likeness (QED) is 0.729. The molecule has 2 bridgehead atoms. The van der Waals surface area contributed by atoms with Gasteiger partial charge in [0.25, 0.3) is 5.92 Å². The van der Waals surface area contributed by atoms with Crippen molar-refractivity contribution in [2.24, 2.45) is 5.73 Å². The summed E-state index contributed by atoms with van der Waals surface area (Å²) in [7, 11) is 0. The normalized spacial score (nSPS) is 42.5. The van der Waals surface area contributed by atoms with Crippen molar-refractivity contribution in [1.29, 1.82) is 0 Å². The van der Waals surface area contributed by atoms with Crippen LogP contribution in [0.25, 0.3) is 0 Å². The Morgan fingerprint density at radius 1 is 1.07 bits per heavy atom. The fourth-order valence-electron chi connectivity index (χ4n) is 2.88. The third-order valence-corrected chi connectivity index (χ3v) is 3.79. The van der Waals surface area contributed by atoms with Crippen LogP contribution in [-0.2, 0) is 5.41 Å². The summed E-state index contributed by atoms with van der Waals surface area (Å²) < 4.78 is 27.2. The Balaban J connectivity index is 2.04. The molecular weight excluding hydrogens is 184 g/mol. The van der Waals surface area contributed by atoms with Crippen molar-refractivity contribution < 1.29 is 8.78 Å². The number of benzene rings is 1. The molecule has 0 spiro atoms. The zero-order chi connectivity index (χ0) is 10.0. The fraction of sp³-hybridized carbons (Fsp3) is 0.455. The molecule has 0 aliphatic heterocycles. The Labute approximate surface area is 80.9 Å². The number of rotatable bonds is 1. The van der Waals surface area contributed by atoms with Gasteiger partial charge < -0.3 is 5.73 Å². The first-order valence-corrected chi connectivity index (χ1v) is 4.74. The van der Waals surface area contributed by atoms with E-state index in [-0.39, 0.29) is 0 Å². The van der Waals surface area contributed by atoms with Crippen molar-refractivity contribution in [2.45, 2.75) is 29.7 Å². The molecule has 3 aliphatic carbocycles. The number of hydrogen-bond donors (Lipinski definition) is 1.